The third-order valence-electron chi connectivity index (χ3n) is 5.12. The number of alkyl halides is 6. The smallest absolute Gasteiger partial charge is 0.326 e. The van der Waals surface area contributed by atoms with Gasteiger partial charge in [-0.25, -0.2) is 8.42 Å². The number of carbonyl (C=O) groups is 1. The average Bonchev–Trinajstić information content (AvgIpc) is 2.74. The largest absolute Gasteiger partial charge is 0.416 e. The lowest BCUT2D eigenvalue weighted by Gasteiger charge is -2.31. The highest BCUT2D eigenvalue weighted by molar-refractivity contribution is 7.89. The van der Waals surface area contributed by atoms with Gasteiger partial charge in [-0.3, -0.25) is 4.79 Å². The summed E-state index contributed by atoms with van der Waals surface area (Å²) in [5.74, 6) is -1.94. The molecule has 5 nitrogen and oxygen atoms in total. The monoisotopic (exact) mass is 548 g/mol. The molecule has 0 radical (unpaired) electrons. The number of sulfonamides is 1. The van der Waals surface area contributed by atoms with Gasteiger partial charge in [-0.1, -0.05) is 23.2 Å². The van der Waals surface area contributed by atoms with Crippen LogP contribution in [0.1, 0.15) is 24.0 Å². The van der Waals surface area contributed by atoms with E-state index < -0.39 is 51.0 Å². The standard InChI is InChI=1S/C20H16Cl2F6N2O3S/c21-14-3-4-16(22)17(9-14)34(32,33)30-5-1-2-11(10-30)18(31)29-15-7-12(19(23,24)25)6-13(8-15)20(26,27)28/h3-4,6-9,11H,1-2,5,10H2,(H,29,31)/t11-/m1/s1. The summed E-state index contributed by atoms with van der Waals surface area (Å²) in [6.45, 7) is -0.307. The Bertz CT molecular complexity index is 1170. The zero-order valence-electron chi connectivity index (χ0n) is 17.0. The SMILES string of the molecule is O=C(Nc1cc(C(F)(F)F)cc(C(F)(F)F)c1)[C@@H]1CCCN(S(=O)(=O)c2cc(Cl)ccc2Cl)C1. The molecule has 186 valence electrons. The molecule has 0 aliphatic carbocycles. The van der Waals surface area contributed by atoms with Gasteiger partial charge in [0.2, 0.25) is 15.9 Å². The Kier molecular flexibility index (Phi) is 7.47. The van der Waals surface area contributed by atoms with Crippen LogP contribution in [0.4, 0.5) is 32.0 Å². The Labute approximate surface area is 200 Å². The van der Waals surface area contributed by atoms with Crippen molar-refractivity contribution in [3.63, 3.8) is 0 Å². The molecule has 34 heavy (non-hydrogen) atoms. The van der Waals surface area contributed by atoms with Crippen molar-refractivity contribution in [3.8, 4) is 0 Å². The Hall–Kier alpha value is -2.02. The first kappa shape index (κ1) is 26.6. The van der Waals surface area contributed by atoms with Gasteiger partial charge in [-0.2, -0.15) is 30.6 Å². The fourth-order valence-corrected chi connectivity index (χ4v) is 5.72. The van der Waals surface area contributed by atoms with Gasteiger partial charge in [0.15, 0.2) is 0 Å². The minimum absolute atomic E-state index is 0.0384. The Morgan fingerprint density at radius 2 is 1.56 bits per heavy atom. The maximum absolute atomic E-state index is 13.1. The lowest BCUT2D eigenvalue weighted by atomic mass is 9.98. The van der Waals surface area contributed by atoms with Crippen molar-refractivity contribution in [2.75, 3.05) is 18.4 Å². The first-order valence-corrected chi connectivity index (χ1v) is 11.8. The van der Waals surface area contributed by atoms with E-state index in [0.717, 1.165) is 10.4 Å². The Balaban J connectivity index is 1.84. The van der Waals surface area contributed by atoms with Crippen LogP contribution in [0.3, 0.4) is 0 Å². The molecule has 1 fully saturated rings. The molecule has 1 heterocycles. The maximum Gasteiger partial charge on any atom is 0.416 e. The van der Waals surface area contributed by atoms with Crippen LogP contribution in [0, 0.1) is 5.92 Å². The molecule has 14 heteroatoms. The summed E-state index contributed by atoms with van der Waals surface area (Å²) in [6, 6.07) is 4.53. The Morgan fingerprint density at radius 3 is 2.12 bits per heavy atom. The molecule has 0 unspecified atom stereocenters. The van der Waals surface area contributed by atoms with E-state index in [1.807, 2.05) is 0 Å². The first-order chi connectivity index (χ1) is 15.6. The predicted octanol–water partition coefficient (Wildman–Crippen LogP) is 6.07. The maximum atomic E-state index is 13.1. The van der Waals surface area contributed by atoms with Crippen molar-refractivity contribution in [1.82, 2.24) is 4.31 Å². The van der Waals surface area contributed by atoms with E-state index in [1.54, 1.807) is 0 Å². The van der Waals surface area contributed by atoms with Gasteiger partial charge in [-0.05, 0) is 49.2 Å². The van der Waals surface area contributed by atoms with Gasteiger partial charge < -0.3 is 5.32 Å². The summed E-state index contributed by atoms with van der Waals surface area (Å²) in [7, 11) is -4.17. The number of carbonyl (C=O) groups excluding carboxylic acids is 1. The third-order valence-corrected chi connectivity index (χ3v) is 7.70. The van der Waals surface area contributed by atoms with Crippen LogP contribution in [0.25, 0.3) is 0 Å². The van der Waals surface area contributed by atoms with Crippen LogP contribution in [-0.4, -0.2) is 31.7 Å². The van der Waals surface area contributed by atoms with Gasteiger partial charge in [0.25, 0.3) is 0 Å². The molecular weight excluding hydrogens is 533 g/mol. The number of anilines is 1. The van der Waals surface area contributed by atoms with Crippen LogP contribution in [0.2, 0.25) is 10.0 Å². The lowest BCUT2D eigenvalue weighted by Crippen LogP contribution is -2.43. The number of rotatable bonds is 4. The molecule has 1 N–H and O–H groups in total. The van der Waals surface area contributed by atoms with Crippen LogP contribution in [-0.2, 0) is 27.2 Å². The molecule has 0 aromatic heterocycles. The minimum atomic E-state index is -5.08. The zero-order valence-corrected chi connectivity index (χ0v) is 19.3. The predicted molar refractivity (Wildman–Crippen MR) is 113 cm³/mol. The van der Waals surface area contributed by atoms with Gasteiger partial charge in [0, 0.05) is 23.8 Å². The van der Waals surface area contributed by atoms with Crippen LogP contribution < -0.4 is 5.32 Å². The summed E-state index contributed by atoms with van der Waals surface area (Å²) >= 11 is 11.8. The normalized spacial score (nSPS) is 18.1. The van der Waals surface area contributed by atoms with E-state index in [-0.39, 0.29) is 46.9 Å². The van der Waals surface area contributed by atoms with Crippen molar-refractivity contribution >= 4 is 44.8 Å². The van der Waals surface area contributed by atoms with Gasteiger partial charge in [-0.15, -0.1) is 0 Å². The molecule has 2 aromatic rings. The number of hydrogen-bond acceptors (Lipinski definition) is 3. The van der Waals surface area contributed by atoms with Crippen molar-refractivity contribution in [2.24, 2.45) is 5.92 Å². The molecule has 1 atom stereocenters. The van der Waals surface area contributed by atoms with E-state index in [2.05, 4.69) is 5.32 Å². The topological polar surface area (TPSA) is 66.5 Å². The quantitative estimate of drug-likeness (QED) is 0.471. The van der Waals surface area contributed by atoms with Gasteiger partial charge in [0.1, 0.15) is 4.90 Å². The third kappa shape index (κ3) is 5.96. The highest BCUT2D eigenvalue weighted by Gasteiger charge is 2.38. The van der Waals surface area contributed by atoms with Crippen LogP contribution >= 0.6 is 23.2 Å². The molecule has 1 amide bonds. The van der Waals surface area contributed by atoms with Gasteiger partial charge in [0.05, 0.1) is 22.1 Å². The summed E-state index contributed by atoms with van der Waals surface area (Å²) in [4.78, 5) is 12.4. The van der Waals surface area contributed by atoms with E-state index in [9.17, 15) is 39.6 Å². The van der Waals surface area contributed by atoms with E-state index in [4.69, 9.17) is 23.2 Å². The van der Waals surface area contributed by atoms with Crippen molar-refractivity contribution in [1.29, 1.82) is 0 Å². The molecule has 1 saturated heterocycles. The molecule has 3 rings (SSSR count). The molecule has 0 spiro atoms. The number of nitrogens with one attached hydrogen (secondary N) is 1. The first-order valence-electron chi connectivity index (χ1n) is 9.64. The molecular formula is C20H16Cl2F6N2O3S. The molecule has 0 saturated carbocycles. The average molecular weight is 549 g/mol. The number of halogens is 8. The summed E-state index contributed by atoms with van der Waals surface area (Å²) in [6.07, 6.45) is -9.75. The van der Waals surface area contributed by atoms with E-state index in [1.165, 1.54) is 12.1 Å². The molecule has 2 aromatic carbocycles. The summed E-state index contributed by atoms with van der Waals surface area (Å²) < 4.78 is 105. The highest BCUT2D eigenvalue weighted by atomic mass is 35.5. The van der Waals surface area contributed by atoms with Gasteiger partial charge >= 0.3 is 12.4 Å². The zero-order chi connectivity index (χ0) is 25.5. The van der Waals surface area contributed by atoms with E-state index >= 15 is 0 Å². The number of nitrogens with zero attached hydrogens (tertiary/aromatic N) is 1. The van der Waals surface area contributed by atoms with Crippen molar-refractivity contribution < 1.29 is 39.6 Å². The lowest BCUT2D eigenvalue weighted by molar-refractivity contribution is -0.143. The second-order valence-electron chi connectivity index (χ2n) is 7.56. The van der Waals surface area contributed by atoms with Crippen LogP contribution in [0.15, 0.2) is 41.3 Å². The molecule has 1 aliphatic heterocycles. The van der Waals surface area contributed by atoms with Crippen molar-refractivity contribution in [3.05, 3.63) is 57.6 Å². The summed E-state index contributed by atoms with van der Waals surface area (Å²) in [5.41, 5.74) is -3.87. The number of piperidine rings is 1. The number of amides is 1. The fraction of sp³-hybridized carbons (Fsp3) is 0.350. The van der Waals surface area contributed by atoms with Crippen LogP contribution in [0.5, 0.6) is 0 Å². The Morgan fingerprint density at radius 1 is 0.971 bits per heavy atom. The van der Waals surface area contributed by atoms with Crippen molar-refractivity contribution in [2.45, 2.75) is 30.1 Å². The molecule has 0 bridgehead atoms. The van der Waals surface area contributed by atoms with E-state index in [0.29, 0.717) is 12.1 Å². The second-order valence-corrected chi connectivity index (χ2v) is 10.3. The number of hydrogen-bond donors (Lipinski definition) is 1. The highest BCUT2D eigenvalue weighted by Crippen LogP contribution is 2.38. The molecule has 1 aliphatic rings. The summed E-state index contributed by atoms with van der Waals surface area (Å²) in [5, 5.41) is 2.07. The fourth-order valence-electron chi connectivity index (χ4n) is 3.46. The second kappa shape index (κ2) is 9.56. The number of benzene rings is 2. The minimum Gasteiger partial charge on any atom is -0.326 e.